The molecule has 1 fully saturated rings. The zero-order valence-corrected chi connectivity index (χ0v) is 15.2. The molecule has 21 heavy (non-hydrogen) atoms. The summed E-state index contributed by atoms with van der Waals surface area (Å²) >= 11 is 0. The van der Waals surface area contributed by atoms with Gasteiger partial charge in [-0.25, -0.2) is 0 Å². The van der Waals surface area contributed by atoms with Crippen LogP contribution in [0.3, 0.4) is 0 Å². The van der Waals surface area contributed by atoms with Crippen molar-refractivity contribution >= 4 is 0 Å². The summed E-state index contributed by atoms with van der Waals surface area (Å²) in [5.74, 6) is 0.547. The lowest BCUT2D eigenvalue weighted by Gasteiger charge is -2.38. The third kappa shape index (κ3) is 4.10. The van der Waals surface area contributed by atoms with Gasteiger partial charge in [0, 0.05) is 0 Å². The number of hydrogen-bond acceptors (Lipinski definition) is 1. The Labute approximate surface area is 132 Å². The molecule has 0 saturated carbocycles. The zero-order chi connectivity index (χ0) is 16.2. The predicted octanol–water partition coefficient (Wildman–Crippen LogP) is 5.60. The number of nitrogens with zero attached hydrogens (tertiary/aromatic N) is 1. The molecule has 120 valence electrons. The molecule has 1 aliphatic heterocycles. The number of piperidine rings is 1. The average Bonchev–Trinajstić information content (AvgIpc) is 2.84. The van der Waals surface area contributed by atoms with Gasteiger partial charge in [0.2, 0.25) is 0 Å². The van der Waals surface area contributed by atoms with Crippen LogP contribution in [0.25, 0.3) is 0 Å². The summed E-state index contributed by atoms with van der Waals surface area (Å²) in [5.41, 5.74) is 6.16. The van der Waals surface area contributed by atoms with Crippen LogP contribution in [0.5, 0.6) is 0 Å². The second-order valence-corrected chi connectivity index (χ2v) is 7.07. The van der Waals surface area contributed by atoms with Crippen molar-refractivity contribution in [2.45, 2.75) is 60.3 Å². The van der Waals surface area contributed by atoms with Gasteiger partial charge in [0.15, 0.2) is 0 Å². The molecular weight excluding hydrogens is 254 g/mol. The van der Waals surface area contributed by atoms with Crippen molar-refractivity contribution in [1.82, 2.24) is 4.90 Å². The molecule has 0 atom stereocenters. The lowest BCUT2D eigenvalue weighted by Crippen LogP contribution is -2.36. The molecule has 2 rings (SSSR count). The van der Waals surface area contributed by atoms with Gasteiger partial charge in [-0.05, 0) is 80.8 Å². The van der Waals surface area contributed by atoms with E-state index < -0.39 is 0 Å². The molecule has 1 nitrogen and oxygen atoms in total. The third-order valence-corrected chi connectivity index (χ3v) is 5.12. The molecule has 1 aliphatic carbocycles. The fourth-order valence-electron chi connectivity index (χ4n) is 3.54. The Morgan fingerprint density at radius 1 is 1.05 bits per heavy atom. The Morgan fingerprint density at radius 2 is 1.52 bits per heavy atom. The molecular formula is C20H35N. The summed E-state index contributed by atoms with van der Waals surface area (Å²) in [6, 6.07) is 0. The summed E-state index contributed by atoms with van der Waals surface area (Å²) in [6.45, 7) is 21.7. The maximum absolute atomic E-state index is 4.35. The number of likely N-dealkylation sites (tertiary alicyclic amines) is 1. The van der Waals surface area contributed by atoms with Crippen LogP contribution in [0.15, 0.2) is 35.5 Å². The van der Waals surface area contributed by atoms with E-state index in [9.17, 15) is 0 Å². The van der Waals surface area contributed by atoms with Crippen LogP contribution in [0.2, 0.25) is 0 Å². The molecule has 1 heteroatoms. The second kappa shape index (κ2) is 7.45. The molecule has 0 N–H and O–H groups in total. The molecule has 0 aromatic heterocycles. The highest BCUT2D eigenvalue weighted by Gasteiger charge is 2.41. The molecule has 1 saturated heterocycles. The van der Waals surface area contributed by atoms with Gasteiger partial charge in [-0.15, -0.1) is 0 Å². The topological polar surface area (TPSA) is 3.24 Å². The predicted molar refractivity (Wildman–Crippen MR) is 95.6 cm³/mol. The SMILES string of the molecule is C=C(C)C1=C(C(=C)C(C)C)CC2(CCN(C)CC2)C1.CC. The number of allylic oxidation sites excluding steroid dienone is 4. The fourth-order valence-corrected chi connectivity index (χ4v) is 3.54. The van der Waals surface area contributed by atoms with E-state index in [1.165, 1.54) is 61.1 Å². The average molecular weight is 290 g/mol. The minimum absolute atomic E-state index is 0.508. The molecule has 0 aromatic carbocycles. The van der Waals surface area contributed by atoms with Crippen molar-refractivity contribution in [2.24, 2.45) is 11.3 Å². The molecule has 0 radical (unpaired) electrons. The van der Waals surface area contributed by atoms with E-state index in [4.69, 9.17) is 0 Å². The van der Waals surface area contributed by atoms with E-state index in [0.29, 0.717) is 11.3 Å². The standard InChI is InChI=1S/C18H29N.C2H6/c1-13(2)15(5)17-12-18(11-16(17)14(3)4)7-9-19(6)10-8-18;1-2/h13H,3,5,7-12H2,1-2,4,6H3;1-2H3. The molecule has 2 aliphatic rings. The van der Waals surface area contributed by atoms with Crippen LogP contribution in [0.4, 0.5) is 0 Å². The van der Waals surface area contributed by atoms with E-state index in [1.807, 2.05) is 13.8 Å². The van der Waals surface area contributed by atoms with Gasteiger partial charge in [-0.1, -0.05) is 46.4 Å². The second-order valence-electron chi connectivity index (χ2n) is 7.07. The Kier molecular flexibility index (Phi) is 6.46. The summed E-state index contributed by atoms with van der Waals surface area (Å²) < 4.78 is 0. The maximum Gasteiger partial charge on any atom is -0.00163 e. The van der Waals surface area contributed by atoms with Crippen LogP contribution in [-0.4, -0.2) is 25.0 Å². The van der Waals surface area contributed by atoms with Crippen LogP contribution in [0, 0.1) is 11.3 Å². The van der Waals surface area contributed by atoms with Gasteiger partial charge in [-0.3, -0.25) is 0 Å². The third-order valence-electron chi connectivity index (χ3n) is 5.12. The first-order valence-electron chi connectivity index (χ1n) is 8.60. The Hall–Kier alpha value is -0.820. The molecule has 0 unspecified atom stereocenters. The van der Waals surface area contributed by atoms with Crippen molar-refractivity contribution in [3.63, 3.8) is 0 Å². The number of rotatable bonds is 3. The van der Waals surface area contributed by atoms with Crippen molar-refractivity contribution in [3.8, 4) is 0 Å². The first kappa shape index (κ1) is 18.2. The highest BCUT2D eigenvalue weighted by molar-refractivity contribution is 5.47. The quantitative estimate of drug-likeness (QED) is 0.653. The van der Waals surface area contributed by atoms with E-state index in [0.717, 1.165) is 0 Å². The molecule has 0 amide bonds. The smallest absolute Gasteiger partial charge is 0.00163 e. The largest absolute Gasteiger partial charge is 0.306 e. The van der Waals surface area contributed by atoms with Gasteiger partial charge >= 0.3 is 0 Å². The van der Waals surface area contributed by atoms with Crippen molar-refractivity contribution in [1.29, 1.82) is 0 Å². The van der Waals surface area contributed by atoms with E-state index in [2.05, 4.69) is 45.9 Å². The Balaban J connectivity index is 0.00000106. The summed E-state index contributed by atoms with van der Waals surface area (Å²) in [6.07, 6.45) is 5.13. The summed E-state index contributed by atoms with van der Waals surface area (Å²) in [5, 5.41) is 0. The summed E-state index contributed by atoms with van der Waals surface area (Å²) in [7, 11) is 2.24. The van der Waals surface area contributed by atoms with Gasteiger partial charge in [0.1, 0.15) is 0 Å². The maximum atomic E-state index is 4.35. The van der Waals surface area contributed by atoms with Crippen LogP contribution in [-0.2, 0) is 0 Å². The van der Waals surface area contributed by atoms with Crippen molar-refractivity contribution in [3.05, 3.63) is 35.5 Å². The minimum atomic E-state index is 0.508. The van der Waals surface area contributed by atoms with Gasteiger partial charge < -0.3 is 4.90 Å². The van der Waals surface area contributed by atoms with Crippen LogP contribution in [0.1, 0.15) is 60.3 Å². The van der Waals surface area contributed by atoms with E-state index in [1.54, 1.807) is 0 Å². The Morgan fingerprint density at radius 3 is 1.95 bits per heavy atom. The van der Waals surface area contributed by atoms with E-state index in [-0.39, 0.29) is 0 Å². The van der Waals surface area contributed by atoms with Crippen LogP contribution < -0.4 is 0 Å². The van der Waals surface area contributed by atoms with Gasteiger partial charge in [0.05, 0.1) is 0 Å². The lowest BCUT2D eigenvalue weighted by atomic mass is 9.74. The van der Waals surface area contributed by atoms with Crippen molar-refractivity contribution in [2.75, 3.05) is 20.1 Å². The lowest BCUT2D eigenvalue weighted by molar-refractivity contribution is 0.131. The summed E-state index contributed by atoms with van der Waals surface area (Å²) in [4.78, 5) is 2.46. The molecule has 0 bridgehead atoms. The van der Waals surface area contributed by atoms with Crippen LogP contribution >= 0.6 is 0 Å². The molecule has 1 spiro atoms. The van der Waals surface area contributed by atoms with Crippen molar-refractivity contribution < 1.29 is 0 Å². The molecule has 0 aromatic rings. The minimum Gasteiger partial charge on any atom is -0.306 e. The first-order chi connectivity index (χ1) is 9.84. The normalized spacial score (nSPS) is 21.5. The monoisotopic (exact) mass is 289 g/mol. The fraction of sp³-hybridized carbons (Fsp3) is 0.700. The highest BCUT2D eigenvalue weighted by atomic mass is 15.1. The molecule has 1 heterocycles. The first-order valence-corrected chi connectivity index (χ1v) is 8.60. The highest BCUT2D eigenvalue weighted by Crippen LogP contribution is 2.52. The Bertz CT molecular complexity index is 417. The van der Waals surface area contributed by atoms with Gasteiger partial charge in [0.25, 0.3) is 0 Å². The number of hydrogen-bond donors (Lipinski definition) is 0. The zero-order valence-electron chi connectivity index (χ0n) is 15.2. The van der Waals surface area contributed by atoms with Gasteiger partial charge in [-0.2, -0.15) is 0 Å². The van der Waals surface area contributed by atoms with E-state index >= 15 is 0 Å².